The fraction of sp³-hybridized carbons (Fsp3) is 0.409. The Morgan fingerprint density at radius 1 is 1.10 bits per heavy atom. The van der Waals surface area contributed by atoms with Gasteiger partial charge in [-0.1, -0.05) is 18.2 Å². The third-order valence-electron chi connectivity index (χ3n) is 6.28. The maximum atomic E-state index is 12.8. The fourth-order valence-electron chi connectivity index (χ4n) is 4.74. The van der Waals surface area contributed by atoms with Gasteiger partial charge in [0.05, 0.1) is 13.7 Å². The molecule has 4 heterocycles. The van der Waals surface area contributed by atoms with Crippen LogP contribution in [-0.2, 0) is 25.0 Å². The standard InChI is InChI=1S/C22H24N4O3S/c1-29-17-5-2-4-16(12-17)13-24-9-7-22(15-24)8-10-25-19(27)20(28)26(23-21(22)25)14-18-6-3-11-30-18/h2-6,11-12H,7-10,13-15H2,1H3. The average Bonchev–Trinajstić information content (AvgIpc) is 3.49. The summed E-state index contributed by atoms with van der Waals surface area (Å²) in [6.45, 7) is 3.54. The molecule has 0 saturated carbocycles. The molecule has 3 aromatic rings. The van der Waals surface area contributed by atoms with E-state index in [9.17, 15) is 9.59 Å². The van der Waals surface area contributed by atoms with E-state index in [0.29, 0.717) is 13.1 Å². The first-order valence-corrected chi connectivity index (χ1v) is 11.1. The summed E-state index contributed by atoms with van der Waals surface area (Å²) in [5, 5.41) is 6.69. The highest BCUT2D eigenvalue weighted by Crippen LogP contribution is 2.40. The maximum absolute atomic E-state index is 12.8. The van der Waals surface area contributed by atoms with Crippen molar-refractivity contribution in [2.45, 2.75) is 37.9 Å². The number of ether oxygens (including phenoxy) is 1. The molecule has 30 heavy (non-hydrogen) atoms. The van der Waals surface area contributed by atoms with Crippen LogP contribution in [0.3, 0.4) is 0 Å². The van der Waals surface area contributed by atoms with Gasteiger partial charge in [-0.05, 0) is 48.5 Å². The van der Waals surface area contributed by atoms with Crippen molar-refractivity contribution >= 4 is 11.3 Å². The zero-order valence-electron chi connectivity index (χ0n) is 16.9. The average molecular weight is 425 g/mol. The van der Waals surface area contributed by atoms with Crippen LogP contribution in [0.1, 0.15) is 29.1 Å². The minimum Gasteiger partial charge on any atom is -0.497 e. The summed E-state index contributed by atoms with van der Waals surface area (Å²) in [5.41, 5.74) is 0.0654. The highest BCUT2D eigenvalue weighted by Gasteiger charge is 2.47. The van der Waals surface area contributed by atoms with E-state index >= 15 is 0 Å². The highest BCUT2D eigenvalue weighted by atomic mass is 32.1. The molecule has 5 rings (SSSR count). The molecular formula is C22H24N4O3S. The molecule has 156 valence electrons. The van der Waals surface area contributed by atoms with E-state index in [-0.39, 0.29) is 5.41 Å². The van der Waals surface area contributed by atoms with E-state index in [1.54, 1.807) is 23.0 Å². The number of nitrogens with zero attached hydrogens (tertiary/aromatic N) is 4. The van der Waals surface area contributed by atoms with Gasteiger partial charge < -0.3 is 4.74 Å². The van der Waals surface area contributed by atoms with Gasteiger partial charge in [0.25, 0.3) is 0 Å². The van der Waals surface area contributed by atoms with E-state index in [1.165, 1.54) is 10.2 Å². The molecular weight excluding hydrogens is 400 g/mol. The van der Waals surface area contributed by atoms with Gasteiger partial charge in [0, 0.05) is 29.9 Å². The third-order valence-corrected chi connectivity index (χ3v) is 7.14. The lowest BCUT2D eigenvalue weighted by atomic mass is 9.85. The molecule has 1 unspecified atom stereocenters. The van der Waals surface area contributed by atoms with Gasteiger partial charge in [0.1, 0.15) is 11.6 Å². The first kappa shape index (κ1) is 19.3. The molecule has 0 aliphatic carbocycles. The van der Waals surface area contributed by atoms with Crippen molar-refractivity contribution in [1.82, 2.24) is 19.2 Å². The topological polar surface area (TPSA) is 69.4 Å². The van der Waals surface area contributed by atoms with Crippen molar-refractivity contribution in [2.75, 3.05) is 20.2 Å². The van der Waals surface area contributed by atoms with Crippen molar-refractivity contribution in [2.24, 2.45) is 0 Å². The molecule has 1 atom stereocenters. The Bertz CT molecular complexity index is 1180. The summed E-state index contributed by atoms with van der Waals surface area (Å²) < 4.78 is 8.31. The van der Waals surface area contributed by atoms with Gasteiger partial charge in [-0.25, -0.2) is 4.68 Å². The Balaban J connectivity index is 1.43. The minimum atomic E-state index is -0.532. The van der Waals surface area contributed by atoms with Crippen molar-refractivity contribution in [3.05, 3.63) is 78.8 Å². The van der Waals surface area contributed by atoms with Crippen LogP contribution in [-0.4, -0.2) is 39.4 Å². The van der Waals surface area contributed by atoms with Crippen LogP contribution in [0.2, 0.25) is 0 Å². The van der Waals surface area contributed by atoms with Gasteiger partial charge in [-0.15, -0.1) is 11.3 Å². The van der Waals surface area contributed by atoms with Crippen LogP contribution in [0, 0.1) is 0 Å². The summed E-state index contributed by atoms with van der Waals surface area (Å²) in [6.07, 6.45) is 1.80. The lowest BCUT2D eigenvalue weighted by molar-refractivity contribution is 0.297. The molecule has 8 heteroatoms. The van der Waals surface area contributed by atoms with Crippen LogP contribution in [0.25, 0.3) is 0 Å². The summed E-state index contributed by atoms with van der Waals surface area (Å²) in [7, 11) is 1.68. The molecule has 0 N–H and O–H groups in total. The number of aromatic nitrogens is 3. The summed E-state index contributed by atoms with van der Waals surface area (Å²) >= 11 is 1.57. The number of methoxy groups -OCH3 is 1. The number of benzene rings is 1. The molecule has 2 aliphatic heterocycles. The maximum Gasteiger partial charge on any atom is 0.332 e. The van der Waals surface area contributed by atoms with Crippen LogP contribution in [0.15, 0.2) is 51.4 Å². The first-order chi connectivity index (χ1) is 14.6. The predicted octanol–water partition coefficient (Wildman–Crippen LogP) is 2.07. The second kappa shape index (κ2) is 7.52. The smallest absolute Gasteiger partial charge is 0.332 e. The molecule has 7 nitrogen and oxygen atoms in total. The normalized spacial score (nSPS) is 20.7. The van der Waals surface area contributed by atoms with Gasteiger partial charge in [0.15, 0.2) is 0 Å². The van der Waals surface area contributed by atoms with Crippen LogP contribution in [0.5, 0.6) is 5.75 Å². The van der Waals surface area contributed by atoms with Gasteiger partial charge in [0.2, 0.25) is 0 Å². The van der Waals surface area contributed by atoms with E-state index in [4.69, 9.17) is 9.84 Å². The molecule has 1 saturated heterocycles. The highest BCUT2D eigenvalue weighted by molar-refractivity contribution is 7.09. The number of hydrogen-bond donors (Lipinski definition) is 0. The Kier molecular flexibility index (Phi) is 4.83. The Labute approximate surface area is 178 Å². The number of thiophene rings is 1. The summed E-state index contributed by atoms with van der Waals surface area (Å²) in [5.74, 6) is 1.63. The molecule has 1 fully saturated rings. The largest absolute Gasteiger partial charge is 0.497 e. The lowest BCUT2D eigenvalue weighted by Gasteiger charge is -2.24. The van der Waals surface area contributed by atoms with Gasteiger partial charge in [-0.2, -0.15) is 5.10 Å². The summed E-state index contributed by atoms with van der Waals surface area (Å²) in [4.78, 5) is 28.8. The molecule has 0 amide bonds. The zero-order valence-corrected chi connectivity index (χ0v) is 17.7. The SMILES string of the molecule is COc1cccc(CN2CCC3(CCn4c3nn(Cc3cccs3)c(=O)c4=O)C2)c1. The number of fused-ring (bicyclic) bond motifs is 2. The predicted molar refractivity (Wildman–Crippen MR) is 115 cm³/mol. The molecule has 0 radical (unpaired) electrons. The third kappa shape index (κ3) is 3.30. The molecule has 0 bridgehead atoms. The summed E-state index contributed by atoms with van der Waals surface area (Å²) in [6, 6.07) is 12.0. The number of likely N-dealkylation sites (tertiary alicyclic amines) is 1. The van der Waals surface area contributed by atoms with E-state index < -0.39 is 11.1 Å². The second-order valence-electron chi connectivity index (χ2n) is 8.17. The van der Waals surface area contributed by atoms with Crippen molar-refractivity contribution in [1.29, 1.82) is 0 Å². The fourth-order valence-corrected chi connectivity index (χ4v) is 5.43. The zero-order chi connectivity index (χ0) is 20.7. The van der Waals surface area contributed by atoms with E-state index in [2.05, 4.69) is 17.0 Å². The van der Waals surface area contributed by atoms with Crippen molar-refractivity contribution < 1.29 is 4.74 Å². The van der Waals surface area contributed by atoms with Gasteiger partial charge >= 0.3 is 11.1 Å². The Morgan fingerprint density at radius 3 is 2.77 bits per heavy atom. The van der Waals surface area contributed by atoms with Crippen molar-refractivity contribution in [3.63, 3.8) is 0 Å². The lowest BCUT2D eigenvalue weighted by Crippen LogP contribution is -2.45. The molecule has 2 aromatic heterocycles. The number of rotatable bonds is 5. The van der Waals surface area contributed by atoms with Gasteiger partial charge in [-0.3, -0.25) is 19.1 Å². The molecule has 1 aromatic carbocycles. The quantitative estimate of drug-likeness (QED) is 0.587. The molecule has 1 spiro atoms. The van der Waals surface area contributed by atoms with Crippen LogP contribution < -0.4 is 15.9 Å². The van der Waals surface area contributed by atoms with Crippen molar-refractivity contribution in [3.8, 4) is 5.75 Å². The first-order valence-electron chi connectivity index (χ1n) is 10.2. The molecule has 2 aliphatic rings. The van der Waals surface area contributed by atoms with Crippen LogP contribution >= 0.6 is 11.3 Å². The number of hydrogen-bond acceptors (Lipinski definition) is 6. The van der Waals surface area contributed by atoms with Crippen LogP contribution in [0.4, 0.5) is 0 Å². The second-order valence-corrected chi connectivity index (χ2v) is 9.20. The Morgan fingerprint density at radius 2 is 1.97 bits per heavy atom. The van der Waals surface area contributed by atoms with E-state index in [1.807, 2.05) is 29.6 Å². The Hall–Kier alpha value is -2.71. The monoisotopic (exact) mass is 424 g/mol. The minimum absolute atomic E-state index is 0.164. The van der Waals surface area contributed by atoms with E-state index in [0.717, 1.165) is 48.9 Å².